The van der Waals surface area contributed by atoms with Crippen LogP contribution < -0.4 is 5.32 Å². The van der Waals surface area contributed by atoms with Crippen molar-refractivity contribution in [2.24, 2.45) is 0 Å². The zero-order valence-corrected chi connectivity index (χ0v) is 53.3. The zero-order chi connectivity index (χ0) is 59.6. The molecule has 476 valence electrons. The van der Waals surface area contributed by atoms with Crippen molar-refractivity contribution in [2.75, 3.05) is 46.6 Å². The normalized spacial score (nSPS) is 30.3. The molecule has 21 nitrogen and oxygen atoms in total. The van der Waals surface area contributed by atoms with Gasteiger partial charge in [0.25, 0.3) is 0 Å². The molecule has 3 aliphatic heterocycles. The van der Waals surface area contributed by atoms with Crippen molar-refractivity contribution in [3.63, 3.8) is 0 Å². The summed E-state index contributed by atoms with van der Waals surface area (Å²) in [5.41, 5.74) is 0.502. The lowest BCUT2D eigenvalue weighted by Crippen LogP contribution is -2.70. The molecule has 0 saturated carbocycles. The maximum absolute atomic E-state index is 12.9. The number of aliphatic hydroxyl groups excluding tert-OH is 7. The van der Waals surface area contributed by atoms with Gasteiger partial charge in [-0.15, -0.1) is 4.33 Å². The van der Waals surface area contributed by atoms with Gasteiger partial charge in [-0.05, 0) is 98.3 Å². The van der Waals surface area contributed by atoms with E-state index >= 15 is 0 Å². The quantitative estimate of drug-likeness (QED) is 0.00737. The molecule has 3 rings (SSSR count). The molecular weight excluding hydrogens is 1100 g/mol. The highest BCUT2D eigenvalue weighted by atomic mass is 32.2. The fraction of sp³-hybridized carbons (Fsp3) is 0.947. The van der Waals surface area contributed by atoms with Crippen LogP contribution in [0, 0.1) is 0 Å². The second-order valence-corrected chi connectivity index (χ2v) is 28.7. The molecule has 3 aliphatic rings. The van der Waals surface area contributed by atoms with Crippen molar-refractivity contribution >= 4 is 36.5 Å². The van der Waals surface area contributed by atoms with Gasteiger partial charge in [-0.1, -0.05) is 134 Å². The molecular formula is C57H110N2O19SSi2. The molecule has 0 aliphatic carbocycles. The van der Waals surface area contributed by atoms with Gasteiger partial charge in [-0.3, -0.25) is 4.79 Å². The van der Waals surface area contributed by atoms with E-state index in [1.165, 1.54) is 130 Å². The Kier molecular flexibility index (Phi) is 38.8. The summed E-state index contributed by atoms with van der Waals surface area (Å²) in [7, 11) is -0.0543. The Morgan fingerprint density at radius 1 is 0.679 bits per heavy atom. The summed E-state index contributed by atoms with van der Waals surface area (Å²) in [6, 6.07) is -0.0893. The van der Waals surface area contributed by atoms with Gasteiger partial charge in [-0.25, -0.2) is 5.26 Å². The number of ether oxygens (including phenoxy) is 5. The fourth-order valence-corrected chi connectivity index (χ4v) is 16.0. The number of amides is 1. The van der Waals surface area contributed by atoms with Gasteiger partial charge in [0.05, 0.1) is 31.5 Å². The summed E-state index contributed by atoms with van der Waals surface area (Å²) in [5.74, 6) is -0.471. The summed E-state index contributed by atoms with van der Waals surface area (Å²) < 4.78 is 52.1. The molecule has 0 spiro atoms. The lowest BCUT2D eigenvalue weighted by molar-refractivity contribution is -0.433. The van der Waals surface area contributed by atoms with Crippen LogP contribution in [0.1, 0.15) is 196 Å². The Morgan fingerprint density at radius 3 is 1.72 bits per heavy atom. The summed E-state index contributed by atoms with van der Waals surface area (Å²) in [5, 5.41) is 91.1. The predicted octanol–water partition coefficient (Wildman–Crippen LogP) is 7.05. The van der Waals surface area contributed by atoms with E-state index in [9.17, 15) is 40.5 Å². The average molecular weight is 1220 g/mol. The lowest BCUT2D eigenvalue weighted by atomic mass is 9.88. The third-order valence-corrected chi connectivity index (χ3v) is 21.2. The van der Waals surface area contributed by atoms with Crippen LogP contribution in [0.15, 0.2) is 12.2 Å². The number of carbonyl (C=O) groups is 1. The second kappa shape index (κ2) is 42.2. The molecule has 24 heteroatoms. The smallest absolute Gasteiger partial charge is 0.415 e. The number of allylic oxidation sites excluding steroid dienone is 2. The summed E-state index contributed by atoms with van der Waals surface area (Å²) in [4.78, 5) is 15.1. The van der Waals surface area contributed by atoms with Crippen LogP contribution in [0.25, 0.3) is 0 Å². The van der Waals surface area contributed by atoms with E-state index < -0.39 is 118 Å². The monoisotopic (exact) mass is 1210 g/mol. The predicted molar refractivity (Wildman–Crippen MR) is 313 cm³/mol. The molecule has 0 aromatic carbocycles. The first-order valence-electron chi connectivity index (χ1n) is 30.8. The number of nitrogens with one attached hydrogen (secondary N) is 1. The van der Waals surface area contributed by atoms with E-state index in [1.54, 1.807) is 0 Å². The maximum atomic E-state index is 12.9. The highest BCUT2D eigenvalue weighted by Crippen LogP contribution is 2.43. The van der Waals surface area contributed by atoms with Gasteiger partial charge in [0.1, 0.15) is 59.7 Å². The Hall–Kier alpha value is -0.766. The van der Waals surface area contributed by atoms with Crippen LogP contribution in [0.5, 0.6) is 0 Å². The highest BCUT2D eigenvalue weighted by Gasteiger charge is 2.58. The number of hydrogen-bond donors (Lipinski definition) is 9. The number of carbonyl (C=O) groups excluding carboxylic acids is 1. The van der Waals surface area contributed by atoms with Crippen molar-refractivity contribution in [3.8, 4) is 0 Å². The van der Waals surface area contributed by atoms with Crippen LogP contribution >= 0.6 is 12.0 Å². The average Bonchev–Trinajstić information content (AvgIpc) is 3.59. The Bertz CT molecular complexity index is 1640. The molecule has 9 N–H and O–H groups in total. The van der Waals surface area contributed by atoms with Gasteiger partial charge < -0.3 is 82.6 Å². The molecule has 81 heavy (non-hydrogen) atoms. The van der Waals surface area contributed by atoms with Crippen LogP contribution in [-0.2, 0) is 50.8 Å². The van der Waals surface area contributed by atoms with Gasteiger partial charge in [0, 0.05) is 38.2 Å². The molecule has 1 amide bonds. The number of rotatable bonds is 46. The van der Waals surface area contributed by atoms with E-state index in [4.69, 9.17) is 41.9 Å². The van der Waals surface area contributed by atoms with Crippen LogP contribution in [0.4, 0.5) is 0 Å². The molecule has 3 heterocycles. The first-order valence-corrected chi connectivity index (χ1v) is 34.4. The van der Waals surface area contributed by atoms with E-state index in [2.05, 4.69) is 45.6 Å². The van der Waals surface area contributed by atoms with E-state index in [0.29, 0.717) is 59.9 Å². The third-order valence-electron chi connectivity index (χ3n) is 15.6. The third kappa shape index (κ3) is 26.6. The Labute approximate surface area is 493 Å². The number of unbranched alkanes of at least 4 members (excludes halogenated alkanes) is 19. The Balaban J connectivity index is 1.32. The summed E-state index contributed by atoms with van der Waals surface area (Å²) >= 11 is 0.349. The standard InChI is InChI=1S/C57H110N2O19SSi2/c1-9-69-81(70-10-2,78-80-41(3)4)38-33-31-29-27-25-23-21-19-17-15-13-11-12-14-16-18-20-22-24-26-28-30-32-36-59(8)37-34-35-44-47(58-43(6)62)52(75-55-50(65)49(64)48(63)42(5)71-55)51(45(39-60)72-44)74-56-54(67)57(7,79-77-76-68)53(66)46(40-61)73-56/h26,28,41-42,44-56,60-61,63-68H,9-25,27,29-40H2,1-8H3,(H,58,62). The molecule has 3 fully saturated rings. The van der Waals surface area contributed by atoms with E-state index in [-0.39, 0.29) is 0 Å². The minimum absolute atomic E-state index is 0.349. The molecule has 15 atom stereocenters. The minimum atomic E-state index is -2.53. The van der Waals surface area contributed by atoms with Crippen molar-refractivity contribution in [2.45, 2.75) is 298 Å². The number of nitrogens with zero attached hydrogens (tertiary/aromatic N) is 1. The largest absolute Gasteiger partial charge is 0.490 e. The van der Waals surface area contributed by atoms with Gasteiger partial charge in [-0.2, -0.15) is 0 Å². The fourth-order valence-electron chi connectivity index (χ4n) is 10.9. The maximum Gasteiger partial charge on any atom is 0.490 e. The van der Waals surface area contributed by atoms with Gasteiger partial charge >= 0.3 is 8.80 Å². The molecule has 0 aromatic rings. The molecule has 0 aromatic heterocycles. The topological polar surface area (TPSA) is 286 Å². The second-order valence-electron chi connectivity index (χ2n) is 22.9. The summed E-state index contributed by atoms with van der Waals surface area (Å²) in [6.07, 6.45) is 13.8. The van der Waals surface area contributed by atoms with Gasteiger partial charge in [0.15, 0.2) is 12.6 Å². The highest BCUT2D eigenvalue weighted by molar-refractivity contribution is 7.96. The first-order chi connectivity index (χ1) is 38.9. The van der Waals surface area contributed by atoms with E-state index in [0.717, 1.165) is 38.3 Å². The Morgan fingerprint density at radius 2 is 1.20 bits per heavy atom. The van der Waals surface area contributed by atoms with Crippen molar-refractivity contribution in [1.82, 2.24) is 10.2 Å². The van der Waals surface area contributed by atoms with Crippen molar-refractivity contribution < 1.29 is 91.8 Å². The van der Waals surface area contributed by atoms with Crippen molar-refractivity contribution in [3.05, 3.63) is 12.2 Å². The zero-order valence-electron chi connectivity index (χ0n) is 50.5. The van der Waals surface area contributed by atoms with Crippen molar-refractivity contribution in [1.29, 1.82) is 0 Å². The molecule has 15 unspecified atom stereocenters. The van der Waals surface area contributed by atoms with Crippen LogP contribution in [0.2, 0.25) is 11.6 Å². The molecule has 2 radical (unpaired) electrons. The lowest BCUT2D eigenvalue weighted by Gasteiger charge is -2.52. The SMILES string of the molecule is CCO[Si](CCCCCCCCCCCCCCCCCCCCC=CCCCN(C)CCCC1OC(CO)C(OC2OC(CO)C(O)C(C)(SOOO)C2O)C(OC2OC(C)C(O)C(O)C2O)C1NC(C)=O)(OCC)O[Si]C(C)C. The minimum Gasteiger partial charge on any atom is -0.415 e. The van der Waals surface area contributed by atoms with E-state index in [1.807, 2.05) is 20.9 Å². The van der Waals surface area contributed by atoms with Gasteiger partial charge in [0.2, 0.25) is 15.7 Å². The number of aliphatic hydroxyl groups is 7. The number of hydrogen-bond acceptors (Lipinski definition) is 21. The molecule has 0 bridgehead atoms. The van der Waals surface area contributed by atoms with Crippen LogP contribution in [0.3, 0.4) is 0 Å². The first kappa shape index (κ1) is 74.5. The molecule has 3 saturated heterocycles. The van der Waals surface area contributed by atoms with Crippen LogP contribution in [-0.4, -0.2) is 207 Å². The summed E-state index contributed by atoms with van der Waals surface area (Å²) in [6.45, 7) is 14.1.